The zero-order valence-corrected chi connectivity index (χ0v) is 13.5. The topological polar surface area (TPSA) is 15.3 Å². The summed E-state index contributed by atoms with van der Waals surface area (Å²) in [5.74, 6) is 0. The van der Waals surface area contributed by atoms with E-state index in [0.29, 0.717) is 11.5 Å². The number of nitrogens with zero attached hydrogens (tertiary/aromatic N) is 1. The van der Waals surface area contributed by atoms with E-state index < -0.39 is 0 Å². The van der Waals surface area contributed by atoms with Gasteiger partial charge >= 0.3 is 0 Å². The van der Waals surface area contributed by atoms with Gasteiger partial charge in [0.15, 0.2) is 0 Å². The van der Waals surface area contributed by atoms with E-state index in [1.807, 2.05) is 0 Å². The summed E-state index contributed by atoms with van der Waals surface area (Å²) in [6.45, 7) is 13.3. The lowest BCUT2D eigenvalue weighted by molar-refractivity contribution is 0.417. The summed E-state index contributed by atoms with van der Waals surface area (Å²) in [4.78, 5) is 2.38. The Hall–Kier alpha value is -1.02. The molecule has 0 aliphatic rings. The van der Waals surface area contributed by atoms with E-state index in [2.05, 4.69) is 76.1 Å². The number of para-hydroxylation sites is 1. The first kappa shape index (κ1) is 16.0. The van der Waals surface area contributed by atoms with Gasteiger partial charge in [0.05, 0.1) is 0 Å². The van der Waals surface area contributed by atoms with Crippen LogP contribution in [0.2, 0.25) is 0 Å². The van der Waals surface area contributed by atoms with Crippen LogP contribution in [0.1, 0.15) is 52.6 Å². The molecular weight excluding hydrogens is 232 g/mol. The van der Waals surface area contributed by atoms with Gasteiger partial charge < -0.3 is 10.2 Å². The third-order valence-electron chi connectivity index (χ3n) is 3.29. The van der Waals surface area contributed by atoms with Crippen LogP contribution in [0.4, 0.5) is 5.69 Å². The number of hydrogen-bond donors (Lipinski definition) is 1. The summed E-state index contributed by atoms with van der Waals surface area (Å²) in [6, 6.07) is 9.22. The molecule has 1 aromatic carbocycles. The lowest BCUT2D eigenvalue weighted by Gasteiger charge is -2.31. The molecule has 0 aliphatic carbocycles. The molecule has 0 saturated carbocycles. The molecule has 0 spiro atoms. The van der Waals surface area contributed by atoms with E-state index in [-0.39, 0.29) is 0 Å². The van der Waals surface area contributed by atoms with E-state index in [1.54, 1.807) is 0 Å². The number of hydrogen-bond acceptors (Lipinski definition) is 2. The molecule has 19 heavy (non-hydrogen) atoms. The molecule has 1 unspecified atom stereocenters. The summed E-state index contributed by atoms with van der Waals surface area (Å²) in [6.07, 6.45) is 1.12. The van der Waals surface area contributed by atoms with Gasteiger partial charge in [-0.25, -0.2) is 0 Å². The van der Waals surface area contributed by atoms with Crippen molar-refractivity contribution in [1.82, 2.24) is 5.32 Å². The smallest absolute Gasteiger partial charge is 0.0412 e. The van der Waals surface area contributed by atoms with Crippen LogP contribution in [-0.2, 0) is 0 Å². The zero-order valence-electron chi connectivity index (χ0n) is 13.5. The molecule has 2 heteroatoms. The molecule has 1 atom stereocenters. The monoisotopic (exact) mass is 262 g/mol. The molecule has 0 aliphatic heterocycles. The maximum atomic E-state index is 3.58. The molecule has 1 rings (SSSR count). The van der Waals surface area contributed by atoms with Crippen molar-refractivity contribution in [3.8, 4) is 0 Å². The first-order chi connectivity index (χ1) is 8.89. The Morgan fingerprint density at radius 1 is 1.16 bits per heavy atom. The predicted molar refractivity (Wildman–Crippen MR) is 85.9 cm³/mol. The van der Waals surface area contributed by atoms with Crippen molar-refractivity contribution in [2.75, 3.05) is 25.0 Å². The highest BCUT2D eigenvalue weighted by Crippen LogP contribution is 2.29. The number of nitrogens with one attached hydrogen (secondary N) is 1. The third-order valence-corrected chi connectivity index (χ3v) is 3.29. The van der Waals surface area contributed by atoms with Crippen molar-refractivity contribution >= 4 is 5.69 Å². The second-order valence-corrected chi connectivity index (χ2v) is 6.49. The Morgan fingerprint density at radius 3 is 2.32 bits per heavy atom. The summed E-state index contributed by atoms with van der Waals surface area (Å²) in [5, 5.41) is 3.58. The highest BCUT2D eigenvalue weighted by molar-refractivity contribution is 5.54. The van der Waals surface area contributed by atoms with Crippen molar-refractivity contribution in [3.63, 3.8) is 0 Å². The highest BCUT2D eigenvalue weighted by atomic mass is 15.1. The SMILES string of the molecule is CCNC(CC)c1ccccc1N(C)CC(C)(C)C. The van der Waals surface area contributed by atoms with Gasteiger partial charge in [-0.15, -0.1) is 0 Å². The van der Waals surface area contributed by atoms with Gasteiger partial charge in [-0.1, -0.05) is 52.8 Å². The summed E-state index contributed by atoms with van der Waals surface area (Å²) >= 11 is 0. The van der Waals surface area contributed by atoms with Gasteiger partial charge in [0.2, 0.25) is 0 Å². The van der Waals surface area contributed by atoms with Crippen molar-refractivity contribution in [1.29, 1.82) is 0 Å². The van der Waals surface area contributed by atoms with Crippen LogP contribution in [0, 0.1) is 5.41 Å². The standard InChI is InChI=1S/C17H30N2/c1-7-15(18-8-2)14-11-9-10-12-16(14)19(6)13-17(3,4)5/h9-12,15,18H,7-8,13H2,1-6H3. The Balaban J connectivity index is 3.00. The quantitative estimate of drug-likeness (QED) is 0.825. The number of benzene rings is 1. The van der Waals surface area contributed by atoms with Gasteiger partial charge in [-0.2, -0.15) is 0 Å². The molecule has 108 valence electrons. The minimum Gasteiger partial charge on any atom is -0.374 e. The van der Waals surface area contributed by atoms with Gasteiger partial charge in [0.25, 0.3) is 0 Å². The first-order valence-electron chi connectivity index (χ1n) is 7.42. The van der Waals surface area contributed by atoms with Crippen molar-refractivity contribution in [3.05, 3.63) is 29.8 Å². The van der Waals surface area contributed by atoms with Crippen LogP contribution in [0.5, 0.6) is 0 Å². The molecule has 0 aromatic heterocycles. The Bertz CT molecular complexity index is 379. The largest absolute Gasteiger partial charge is 0.374 e. The lowest BCUT2D eigenvalue weighted by atomic mass is 9.95. The fourth-order valence-corrected chi connectivity index (χ4v) is 2.65. The minimum absolute atomic E-state index is 0.307. The molecular formula is C17H30N2. The van der Waals surface area contributed by atoms with Crippen molar-refractivity contribution in [2.45, 2.75) is 47.1 Å². The number of anilines is 1. The molecule has 2 nitrogen and oxygen atoms in total. The van der Waals surface area contributed by atoms with Crippen LogP contribution in [0.3, 0.4) is 0 Å². The number of rotatable bonds is 6. The molecule has 0 radical (unpaired) electrons. The third kappa shape index (κ3) is 4.87. The maximum absolute atomic E-state index is 3.58. The zero-order chi connectivity index (χ0) is 14.5. The predicted octanol–water partition coefficient (Wildman–Crippen LogP) is 4.23. The van der Waals surface area contributed by atoms with E-state index in [4.69, 9.17) is 0 Å². The Morgan fingerprint density at radius 2 is 1.79 bits per heavy atom. The highest BCUT2D eigenvalue weighted by Gasteiger charge is 2.18. The Labute approximate surface area is 119 Å². The normalized spacial score (nSPS) is 13.4. The Kier molecular flexibility index (Phi) is 5.86. The fraction of sp³-hybridized carbons (Fsp3) is 0.647. The van der Waals surface area contributed by atoms with E-state index in [0.717, 1.165) is 19.5 Å². The maximum Gasteiger partial charge on any atom is 0.0412 e. The van der Waals surface area contributed by atoms with Crippen LogP contribution >= 0.6 is 0 Å². The van der Waals surface area contributed by atoms with Crippen molar-refractivity contribution < 1.29 is 0 Å². The van der Waals surface area contributed by atoms with Gasteiger partial charge in [-0.05, 0) is 30.0 Å². The minimum atomic E-state index is 0.307. The average molecular weight is 262 g/mol. The fourth-order valence-electron chi connectivity index (χ4n) is 2.65. The van der Waals surface area contributed by atoms with Crippen molar-refractivity contribution in [2.24, 2.45) is 5.41 Å². The molecule has 1 N–H and O–H groups in total. The second kappa shape index (κ2) is 6.95. The van der Waals surface area contributed by atoms with Gasteiger partial charge in [0.1, 0.15) is 0 Å². The average Bonchev–Trinajstić information content (AvgIpc) is 2.34. The van der Waals surface area contributed by atoms with E-state index in [9.17, 15) is 0 Å². The molecule has 1 aromatic rings. The van der Waals surface area contributed by atoms with Gasteiger partial charge in [0, 0.05) is 25.3 Å². The van der Waals surface area contributed by atoms with Crippen LogP contribution in [0.15, 0.2) is 24.3 Å². The first-order valence-corrected chi connectivity index (χ1v) is 7.42. The van der Waals surface area contributed by atoms with Crippen LogP contribution < -0.4 is 10.2 Å². The molecule has 0 amide bonds. The van der Waals surface area contributed by atoms with Crippen LogP contribution in [0.25, 0.3) is 0 Å². The molecule has 0 bridgehead atoms. The van der Waals surface area contributed by atoms with Gasteiger partial charge in [-0.3, -0.25) is 0 Å². The molecule has 0 heterocycles. The van der Waals surface area contributed by atoms with E-state index in [1.165, 1.54) is 11.3 Å². The molecule has 0 saturated heterocycles. The summed E-state index contributed by atoms with van der Waals surface area (Å²) < 4.78 is 0. The van der Waals surface area contributed by atoms with E-state index >= 15 is 0 Å². The second-order valence-electron chi connectivity index (χ2n) is 6.49. The molecule has 0 fully saturated rings. The van der Waals surface area contributed by atoms with Crippen LogP contribution in [-0.4, -0.2) is 20.1 Å². The summed E-state index contributed by atoms with van der Waals surface area (Å²) in [5.41, 5.74) is 3.07. The lowest BCUT2D eigenvalue weighted by Crippen LogP contribution is -2.31. The summed E-state index contributed by atoms with van der Waals surface area (Å²) in [7, 11) is 2.20.